The first-order valence-electron chi connectivity index (χ1n) is 9.74. The molecule has 150 valence electrons. The van der Waals surface area contributed by atoms with Gasteiger partial charge in [0.15, 0.2) is 0 Å². The highest BCUT2D eigenvalue weighted by atomic mass is 16.5. The second kappa shape index (κ2) is 8.76. The van der Waals surface area contributed by atoms with Gasteiger partial charge >= 0.3 is 5.97 Å². The van der Waals surface area contributed by atoms with E-state index in [1.165, 1.54) is 0 Å². The molecule has 1 aliphatic rings. The second-order valence-corrected chi connectivity index (χ2v) is 7.98. The highest BCUT2D eigenvalue weighted by molar-refractivity contribution is 5.67. The van der Waals surface area contributed by atoms with Gasteiger partial charge in [0.25, 0.3) is 0 Å². The van der Waals surface area contributed by atoms with E-state index in [2.05, 4.69) is 6.92 Å². The Morgan fingerprint density at radius 2 is 1.68 bits per heavy atom. The maximum Gasteiger partial charge on any atom is 0.329 e. The third-order valence-corrected chi connectivity index (χ3v) is 5.71. The van der Waals surface area contributed by atoms with Crippen molar-refractivity contribution in [1.29, 1.82) is 0 Å². The number of para-hydroxylation sites is 1. The maximum absolute atomic E-state index is 11.2. The van der Waals surface area contributed by atoms with Gasteiger partial charge in [-0.1, -0.05) is 37.3 Å². The average molecular weight is 384 g/mol. The number of rotatable bonds is 8. The highest BCUT2D eigenvalue weighted by Crippen LogP contribution is 2.47. The summed E-state index contributed by atoms with van der Waals surface area (Å²) in [7, 11) is 0. The van der Waals surface area contributed by atoms with Crippen LogP contribution in [0.2, 0.25) is 0 Å². The average Bonchev–Trinajstić information content (AvgIpc) is 2.69. The van der Waals surface area contributed by atoms with Crippen LogP contribution < -0.4 is 4.74 Å². The van der Waals surface area contributed by atoms with Gasteiger partial charge < -0.3 is 19.7 Å². The Morgan fingerprint density at radius 1 is 1.00 bits per heavy atom. The summed E-state index contributed by atoms with van der Waals surface area (Å²) in [6, 6.07) is 17.3. The van der Waals surface area contributed by atoms with Gasteiger partial charge in [-0.3, -0.25) is 0 Å². The van der Waals surface area contributed by atoms with E-state index in [1.54, 1.807) is 0 Å². The minimum absolute atomic E-state index is 0.0584. The van der Waals surface area contributed by atoms with Crippen molar-refractivity contribution in [3.63, 3.8) is 0 Å². The Hall–Kier alpha value is -2.37. The summed E-state index contributed by atoms with van der Waals surface area (Å²) >= 11 is 0. The lowest BCUT2D eigenvalue weighted by atomic mass is 9.66. The van der Waals surface area contributed by atoms with E-state index in [1.807, 2.05) is 54.6 Å². The van der Waals surface area contributed by atoms with Crippen LogP contribution in [0.25, 0.3) is 0 Å². The molecule has 0 amide bonds. The predicted molar refractivity (Wildman–Crippen MR) is 107 cm³/mol. The molecule has 0 radical (unpaired) electrons. The van der Waals surface area contributed by atoms with Gasteiger partial charge in [0, 0.05) is 6.61 Å². The normalized spacial score (nSPS) is 24.6. The van der Waals surface area contributed by atoms with E-state index >= 15 is 0 Å². The van der Waals surface area contributed by atoms with Crippen LogP contribution in [-0.2, 0) is 15.1 Å². The molecule has 0 spiro atoms. The molecule has 0 heterocycles. The maximum atomic E-state index is 11.2. The fraction of sp³-hybridized carbons (Fsp3) is 0.435. The van der Waals surface area contributed by atoms with Gasteiger partial charge in [-0.2, -0.15) is 0 Å². The summed E-state index contributed by atoms with van der Waals surface area (Å²) in [4.78, 5) is 10.5. The number of aliphatic carboxylic acids is 1. The zero-order valence-corrected chi connectivity index (χ0v) is 16.3. The molecule has 3 rings (SSSR count). The Bertz CT molecular complexity index is 779. The molecule has 2 aromatic carbocycles. The molecule has 2 N–H and O–H groups in total. The number of aliphatic hydroxyl groups is 1. The molecule has 1 aliphatic carbocycles. The van der Waals surface area contributed by atoms with E-state index in [-0.39, 0.29) is 12.0 Å². The van der Waals surface area contributed by atoms with Gasteiger partial charge in [0.1, 0.15) is 18.1 Å². The van der Waals surface area contributed by atoms with Crippen LogP contribution in [0.15, 0.2) is 54.6 Å². The van der Waals surface area contributed by atoms with Crippen LogP contribution in [0.1, 0.15) is 44.6 Å². The third kappa shape index (κ3) is 5.33. The van der Waals surface area contributed by atoms with E-state index < -0.39 is 11.6 Å². The van der Waals surface area contributed by atoms with E-state index in [0.29, 0.717) is 25.2 Å². The Morgan fingerprint density at radius 3 is 2.36 bits per heavy atom. The van der Waals surface area contributed by atoms with Crippen LogP contribution in [0.3, 0.4) is 0 Å². The first-order valence-corrected chi connectivity index (χ1v) is 9.74. The summed E-state index contributed by atoms with van der Waals surface area (Å²) in [5.41, 5.74) is 0.0745. The molecule has 28 heavy (non-hydrogen) atoms. The number of carbonyl (C=O) groups is 1. The molecule has 0 unspecified atom stereocenters. The van der Waals surface area contributed by atoms with Crippen molar-refractivity contribution in [3.8, 4) is 11.5 Å². The smallest absolute Gasteiger partial charge is 0.329 e. The molecule has 1 saturated carbocycles. The molecular formula is C23H28O5. The zero-order chi connectivity index (χ0) is 20.0. The van der Waals surface area contributed by atoms with Crippen molar-refractivity contribution in [2.45, 2.75) is 44.6 Å². The molecule has 0 bridgehead atoms. The molecule has 0 aromatic heterocycles. The van der Waals surface area contributed by atoms with Crippen LogP contribution in [0, 0.1) is 5.41 Å². The van der Waals surface area contributed by atoms with Crippen molar-refractivity contribution < 1.29 is 24.5 Å². The molecule has 2 aromatic rings. The van der Waals surface area contributed by atoms with Gasteiger partial charge in [-0.15, -0.1) is 0 Å². The number of hydrogen-bond donors (Lipinski definition) is 2. The molecule has 5 heteroatoms. The van der Waals surface area contributed by atoms with E-state index in [0.717, 1.165) is 30.6 Å². The van der Waals surface area contributed by atoms with Crippen molar-refractivity contribution in [2.24, 2.45) is 5.41 Å². The standard InChI is InChI=1S/C23H28O5/c1-22(14-15-27-17-21(24)25)10-12-23(26,13-11-22)18-6-5-9-20(16-18)28-19-7-3-2-4-8-19/h2-9,16,26H,10-15,17H2,1H3,(H,24,25). The Kier molecular flexibility index (Phi) is 6.37. The van der Waals surface area contributed by atoms with Crippen LogP contribution >= 0.6 is 0 Å². The minimum Gasteiger partial charge on any atom is -0.480 e. The number of carboxylic acids is 1. The zero-order valence-electron chi connectivity index (χ0n) is 16.3. The van der Waals surface area contributed by atoms with Crippen molar-refractivity contribution in [2.75, 3.05) is 13.2 Å². The van der Waals surface area contributed by atoms with Gasteiger partial charge in [0.05, 0.1) is 5.60 Å². The van der Waals surface area contributed by atoms with Crippen LogP contribution in [-0.4, -0.2) is 29.4 Å². The highest BCUT2D eigenvalue weighted by Gasteiger charge is 2.40. The summed E-state index contributed by atoms with van der Waals surface area (Å²) in [6.45, 7) is 2.36. The summed E-state index contributed by atoms with van der Waals surface area (Å²) in [5.74, 6) is 0.539. The lowest BCUT2D eigenvalue weighted by Crippen LogP contribution is -2.36. The molecule has 0 aliphatic heterocycles. The molecule has 5 nitrogen and oxygen atoms in total. The number of carboxylic acid groups (broad SMARTS) is 1. The van der Waals surface area contributed by atoms with Gasteiger partial charge in [-0.25, -0.2) is 4.79 Å². The first kappa shape index (κ1) is 20.4. The minimum atomic E-state index is -0.944. The monoisotopic (exact) mass is 384 g/mol. The Labute approximate surface area is 165 Å². The van der Waals surface area contributed by atoms with Gasteiger partial charge in [-0.05, 0) is 67.3 Å². The lowest BCUT2D eigenvalue weighted by molar-refractivity contribution is -0.142. The SMILES string of the molecule is CC1(CCOCC(=O)O)CCC(O)(c2cccc(Oc3ccccc3)c2)CC1. The fourth-order valence-electron chi connectivity index (χ4n) is 3.76. The predicted octanol–water partition coefficient (Wildman–Crippen LogP) is 4.74. The molecular weight excluding hydrogens is 356 g/mol. The quantitative estimate of drug-likeness (QED) is 0.643. The van der Waals surface area contributed by atoms with Crippen LogP contribution in [0.5, 0.6) is 11.5 Å². The second-order valence-electron chi connectivity index (χ2n) is 7.98. The van der Waals surface area contributed by atoms with Crippen LogP contribution in [0.4, 0.5) is 0 Å². The first-order chi connectivity index (χ1) is 13.4. The van der Waals surface area contributed by atoms with Crippen molar-refractivity contribution >= 4 is 5.97 Å². The molecule has 1 fully saturated rings. The van der Waals surface area contributed by atoms with E-state index in [9.17, 15) is 9.90 Å². The third-order valence-electron chi connectivity index (χ3n) is 5.71. The summed E-state index contributed by atoms with van der Waals surface area (Å²) in [6.07, 6.45) is 3.86. The summed E-state index contributed by atoms with van der Waals surface area (Å²) in [5, 5.41) is 19.9. The van der Waals surface area contributed by atoms with Crippen molar-refractivity contribution in [1.82, 2.24) is 0 Å². The topological polar surface area (TPSA) is 76.0 Å². The van der Waals surface area contributed by atoms with E-state index in [4.69, 9.17) is 14.6 Å². The lowest BCUT2D eigenvalue weighted by Gasteiger charge is -2.42. The number of benzene rings is 2. The number of ether oxygens (including phenoxy) is 2. The molecule has 0 saturated heterocycles. The largest absolute Gasteiger partial charge is 0.480 e. The fourth-order valence-corrected chi connectivity index (χ4v) is 3.76. The molecule has 0 atom stereocenters. The van der Waals surface area contributed by atoms with Gasteiger partial charge in [0.2, 0.25) is 0 Å². The number of hydrogen-bond acceptors (Lipinski definition) is 4. The van der Waals surface area contributed by atoms with Crippen molar-refractivity contribution in [3.05, 3.63) is 60.2 Å². The summed E-state index contributed by atoms with van der Waals surface area (Å²) < 4.78 is 11.1. The Balaban J connectivity index is 1.60.